The Hall–Kier alpha value is -1.29. The van der Waals surface area contributed by atoms with Crippen LogP contribution in [0.25, 0.3) is 0 Å². The van der Waals surface area contributed by atoms with Crippen molar-refractivity contribution in [3.05, 3.63) is 29.2 Å². The van der Waals surface area contributed by atoms with Gasteiger partial charge in [0.15, 0.2) is 11.4 Å². The van der Waals surface area contributed by atoms with Crippen LogP contribution in [0.2, 0.25) is 0 Å². The lowest BCUT2D eigenvalue weighted by atomic mass is 10.4. The summed E-state index contributed by atoms with van der Waals surface area (Å²) in [6.45, 7) is 3.05. The first-order valence-electron chi connectivity index (χ1n) is 4.20. The molecule has 1 fully saturated rings. The molecule has 4 nitrogen and oxygen atoms in total. The van der Waals surface area contributed by atoms with Crippen molar-refractivity contribution in [3.8, 4) is 5.75 Å². The van der Waals surface area contributed by atoms with E-state index in [9.17, 15) is 5.21 Å². The molecule has 13 heavy (non-hydrogen) atoms. The number of ether oxygens (including phenoxy) is 2. The van der Waals surface area contributed by atoms with E-state index >= 15 is 0 Å². The third kappa shape index (κ3) is 2.09. The molecule has 4 heteroatoms. The molecule has 1 saturated heterocycles. The van der Waals surface area contributed by atoms with E-state index in [-0.39, 0.29) is 6.10 Å². The smallest absolute Gasteiger partial charge is 0.222 e. The third-order valence-corrected chi connectivity index (χ3v) is 1.92. The SMILES string of the molecule is Cc1ccc(OCC2CO2)c[n+]1[O-]. The van der Waals surface area contributed by atoms with Gasteiger partial charge in [0.25, 0.3) is 0 Å². The number of aromatic nitrogens is 1. The fourth-order valence-corrected chi connectivity index (χ4v) is 0.975. The molecule has 1 atom stereocenters. The highest BCUT2D eigenvalue weighted by molar-refractivity contribution is 5.15. The highest BCUT2D eigenvalue weighted by Gasteiger charge is 2.23. The standard InChI is InChI=1S/C9H11NO3/c1-7-2-3-8(4-10(7)11)12-5-9-6-13-9/h2-4,9H,5-6H2,1H3. The van der Waals surface area contributed by atoms with Crippen LogP contribution in [0.1, 0.15) is 5.69 Å². The van der Waals surface area contributed by atoms with E-state index in [1.807, 2.05) is 0 Å². The molecule has 0 spiro atoms. The van der Waals surface area contributed by atoms with E-state index in [2.05, 4.69) is 0 Å². The average Bonchev–Trinajstić information content (AvgIpc) is 2.91. The molecule has 0 aliphatic carbocycles. The molecule has 1 aromatic rings. The molecule has 1 unspecified atom stereocenters. The Labute approximate surface area is 76.3 Å². The van der Waals surface area contributed by atoms with Crippen LogP contribution in [-0.2, 0) is 4.74 Å². The Morgan fingerprint density at radius 1 is 1.69 bits per heavy atom. The molecule has 1 aromatic heterocycles. The lowest BCUT2D eigenvalue weighted by Crippen LogP contribution is -2.29. The topological polar surface area (TPSA) is 48.7 Å². The Morgan fingerprint density at radius 3 is 3.08 bits per heavy atom. The zero-order valence-electron chi connectivity index (χ0n) is 7.40. The molecule has 0 saturated carbocycles. The fourth-order valence-electron chi connectivity index (χ4n) is 0.975. The van der Waals surface area contributed by atoms with Gasteiger partial charge in [0.1, 0.15) is 12.7 Å². The summed E-state index contributed by atoms with van der Waals surface area (Å²) in [5.74, 6) is 0.594. The monoisotopic (exact) mass is 181 g/mol. The van der Waals surface area contributed by atoms with Crippen LogP contribution >= 0.6 is 0 Å². The summed E-state index contributed by atoms with van der Waals surface area (Å²) in [6.07, 6.45) is 1.65. The van der Waals surface area contributed by atoms with E-state index < -0.39 is 0 Å². The largest absolute Gasteiger partial charge is 0.618 e. The molecule has 0 amide bonds. The second-order valence-electron chi connectivity index (χ2n) is 3.10. The van der Waals surface area contributed by atoms with Crippen molar-refractivity contribution in [2.75, 3.05) is 13.2 Å². The maximum absolute atomic E-state index is 11.1. The summed E-state index contributed by atoms with van der Waals surface area (Å²) in [5, 5.41) is 11.1. The number of rotatable bonds is 3. The first kappa shape index (κ1) is 8.31. The molecule has 1 aliphatic rings. The van der Waals surface area contributed by atoms with Crippen LogP contribution in [-0.4, -0.2) is 19.3 Å². The molecule has 2 rings (SSSR count). The van der Waals surface area contributed by atoms with E-state index in [1.54, 1.807) is 19.1 Å². The number of aryl methyl sites for hydroxylation is 1. The highest BCUT2D eigenvalue weighted by Crippen LogP contribution is 2.13. The minimum absolute atomic E-state index is 0.224. The van der Waals surface area contributed by atoms with Crippen molar-refractivity contribution in [1.29, 1.82) is 0 Å². The first-order chi connectivity index (χ1) is 6.25. The zero-order chi connectivity index (χ0) is 9.26. The second-order valence-corrected chi connectivity index (χ2v) is 3.10. The Morgan fingerprint density at radius 2 is 2.46 bits per heavy atom. The fraction of sp³-hybridized carbons (Fsp3) is 0.444. The summed E-state index contributed by atoms with van der Waals surface area (Å²) in [4.78, 5) is 0. The Bertz CT molecular complexity index is 310. The van der Waals surface area contributed by atoms with Gasteiger partial charge in [0.05, 0.1) is 6.61 Å². The lowest BCUT2D eigenvalue weighted by Gasteiger charge is -2.04. The number of epoxide rings is 1. The zero-order valence-corrected chi connectivity index (χ0v) is 7.40. The summed E-state index contributed by atoms with van der Waals surface area (Å²) in [7, 11) is 0. The maximum atomic E-state index is 11.1. The van der Waals surface area contributed by atoms with Crippen LogP contribution in [0.15, 0.2) is 18.3 Å². The normalized spacial score (nSPS) is 19.9. The minimum atomic E-state index is 0.224. The molecule has 0 bridgehead atoms. The summed E-state index contributed by atoms with van der Waals surface area (Å²) in [5.41, 5.74) is 0.662. The summed E-state index contributed by atoms with van der Waals surface area (Å²) < 4.78 is 11.1. The number of hydrogen-bond acceptors (Lipinski definition) is 3. The average molecular weight is 181 g/mol. The van der Waals surface area contributed by atoms with Crippen molar-refractivity contribution < 1.29 is 14.2 Å². The van der Waals surface area contributed by atoms with Crippen molar-refractivity contribution in [3.63, 3.8) is 0 Å². The number of hydrogen-bond donors (Lipinski definition) is 0. The van der Waals surface area contributed by atoms with Gasteiger partial charge in [-0.2, -0.15) is 4.73 Å². The van der Waals surface area contributed by atoms with Crippen molar-refractivity contribution in [1.82, 2.24) is 0 Å². The quantitative estimate of drug-likeness (QED) is 0.385. The van der Waals surface area contributed by atoms with Crippen LogP contribution in [0.5, 0.6) is 5.75 Å². The van der Waals surface area contributed by atoms with Crippen LogP contribution < -0.4 is 9.47 Å². The van der Waals surface area contributed by atoms with E-state index in [1.165, 1.54) is 6.20 Å². The van der Waals surface area contributed by atoms with Gasteiger partial charge < -0.3 is 14.7 Å². The van der Waals surface area contributed by atoms with Gasteiger partial charge in [-0.05, 0) is 6.07 Å². The predicted octanol–water partition coefficient (Wildman–Crippen LogP) is 0.406. The van der Waals surface area contributed by atoms with E-state index in [0.29, 0.717) is 18.1 Å². The molecule has 2 heterocycles. The number of pyridine rings is 1. The van der Waals surface area contributed by atoms with Gasteiger partial charge in [0, 0.05) is 13.0 Å². The van der Waals surface area contributed by atoms with E-state index in [0.717, 1.165) is 11.3 Å². The molecule has 0 N–H and O–H groups in total. The lowest BCUT2D eigenvalue weighted by molar-refractivity contribution is -0.612. The van der Waals surface area contributed by atoms with Crippen molar-refractivity contribution in [2.45, 2.75) is 13.0 Å². The third-order valence-electron chi connectivity index (χ3n) is 1.92. The maximum Gasteiger partial charge on any atom is 0.222 e. The molecule has 70 valence electrons. The van der Waals surface area contributed by atoms with Gasteiger partial charge in [0.2, 0.25) is 6.20 Å². The van der Waals surface area contributed by atoms with Gasteiger partial charge in [-0.25, -0.2) is 0 Å². The van der Waals surface area contributed by atoms with Crippen molar-refractivity contribution >= 4 is 0 Å². The minimum Gasteiger partial charge on any atom is -0.618 e. The molecular formula is C9H11NO3. The first-order valence-corrected chi connectivity index (χ1v) is 4.20. The van der Waals surface area contributed by atoms with Gasteiger partial charge in [-0.1, -0.05) is 0 Å². The predicted molar refractivity (Wildman–Crippen MR) is 45.4 cm³/mol. The van der Waals surface area contributed by atoms with Crippen LogP contribution in [0, 0.1) is 12.1 Å². The highest BCUT2D eigenvalue weighted by atomic mass is 16.6. The molecule has 0 radical (unpaired) electrons. The molecule has 0 aromatic carbocycles. The van der Waals surface area contributed by atoms with E-state index in [4.69, 9.17) is 9.47 Å². The van der Waals surface area contributed by atoms with Crippen molar-refractivity contribution in [2.24, 2.45) is 0 Å². The second kappa shape index (κ2) is 3.22. The molecule has 1 aliphatic heterocycles. The Kier molecular flexibility index (Phi) is 2.06. The molecular weight excluding hydrogens is 170 g/mol. The van der Waals surface area contributed by atoms with Crippen LogP contribution in [0.3, 0.4) is 0 Å². The number of nitrogens with zero attached hydrogens (tertiary/aromatic N) is 1. The van der Waals surface area contributed by atoms with Gasteiger partial charge in [-0.15, -0.1) is 0 Å². The summed E-state index contributed by atoms with van der Waals surface area (Å²) >= 11 is 0. The van der Waals surface area contributed by atoms with Gasteiger partial charge >= 0.3 is 0 Å². The van der Waals surface area contributed by atoms with Crippen LogP contribution in [0.4, 0.5) is 0 Å². The Balaban J connectivity index is 1.98. The van der Waals surface area contributed by atoms with Gasteiger partial charge in [-0.3, -0.25) is 0 Å². The summed E-state index contributed by atoms with van der Waals surface area (Å²) in [6, 6.07) is 3.52.